The smallest absolute Gasteiger partial charge is 0.0572 e. The predicted molar refractivity (Wildman–Crippen MR) is 71.3 cm³/mol. The summed E-state index contributed by atoms with van der Waals surface area (Å²) in [6.45, 7) is 6.18. The molecule has 1 atom stereocenters. The molecule has 0 aromatic rings. The average Bonchev–Trinajstić information content (AvgIpc) is 2.82. The van der Waals surface area contributed by atoms with E-state index in [0.29, 0.717) is 12.1 Å². The number of rotatable bonds is 5. The fourth-order valence-electron chi connectivity index (χ4n) is 3.27. The molecule has 0 radical (unpaired) electrons. The summed E-state index contributed by atoms with van der Waals surface area (Å²) in [4.78, 5) is 2.60. The standard InChI is InChI=1S/C14H28N2O/c1-12(11-16-9-3-4-10-16)15-13-5-7-14(17-2)8-6-13/h12-15H,3-11H2,1-2H3. The van der Waals surface area contributed by atoms with Gasteiger partial charge in [-0.15, -0.1) is 0 Å². The molecule has 0 spiro atoms. The summed E-state index contributed by atoms with van der Waals surface area (Å²) in [5, 5.41) is 3.79. The van der Waals surface area contributed by atoms with Crippen LogP contribution in [0.2, 0.25) is 0 Å². The molecule has 1 aliphatic carbocycles. The molecule has 100 valence electrons. The minimum absolute atomic E-state index is 0.516. The molecule has 1 aliphatic heterocycles. The SMILES string of the molecule is COC1CCC(NC(C)CN2CCCC2)CC1. The number of likely N-dealkylation sites (tertiary alicyclic amines) is 1. The van der Waals surface area contributed by atoms with Crippen LogP contribution in [0.25, 0.3) is 0 Å². The Balaban J connectivity index is 1.63. The Morgan fingerprint density at radius 1 is 1.18 bits per heavy atom. The van der Waals surface area contributed by atoms with Crippen LogP contribution in [0, 0.1) is 0 Å². The predicted octanol–water partition coefficient (Wildman–Crippen LogP) is 2.02. The third-order valence-corrected chi connectivity index (χ3v) is 4.26. The largest absolute Gasteiger partial charge is 0.381 e. The molecule has 1 saturated heterocycles. The number of hydrogen-bond acceptors (Lipinski definition) is 3. The zero-order chi connectivity index (χ0) is 12.1. The first kappa shape index (κ1) is 13.3. The number of nitrogens with zero attached hydrogens (tertiary/aromatic N) is 1. The van der Waals surface area contributed by atoms with Crippen molar-refractivity contribution in [2.24, 2.45) is 0 Å². The summed E-state index contributed by atoms with van der Waals surface area (Å²) in [7, 11) is 1.84. The van der Waals surface area contributed by atoms with Crippen molar-refractivity contribution >= 4 is 0 Å². The van der Waals surface area contributed by atoms with Gasteiger partial charge < -0.3 is 15.0 Å². The Hall–Kier alpha value is -0.120. The van der Waals surface area contributed by atoms with Crippen LogP contribution in [-0.4, -0.2) is 49.8 Å². The van der Waals surface area contributed by atoms with Crippen molar-refractivity contribution < 1.29 is 4.74 Å². The summed E-state index contributed by atoms with van der Waals surface area (Å²) in [6.07, 6.45) is 8.32. The van der Waals surface area contributed by atoms with Crippen LogP contribution in [0.5, 0.6) is 0 Å². The van der Waals surface area contributed by atoms with Crippen LogP contribution in [0.1, 0.15) is 45.4 Å². The second kappa shape index (κ2) is 6.72. The van der Waals surface area contributed by atoms with E-state index in [1.165, 1.54) is 58.2 Å². The van der Waals surface area contributed by atoms with Gasteiger partial charge >= 0.3 is 0 Å². The van der Waals surface area contributed by atoms with Crippen LogP contribution in [0.15, 0.2) is 0 Å². The van der Waals surface area contributed by atoms with Gasteiger partial charge in [0.05, 0.1) is 6.10 Å². The van der Waals surface area contributed by atoms with Crippen molar-refractivity contribution in [1.82, 2.24) is 10.2 Å². The van der Waals surface area contributed by atoms with Crippen LogP contribution >= 0.6 is 0 Å². The lowest BCUT2D eigenvalue weighted by Crippen LogP contribution is -2.45. The number of nitrogens with one attached hydrogen (secondary N) is 1. The van der Waals surface area contributed by atoms with E-state index < -0.39 is 0 Å². The third kappa shape index (κ3) is 4.23. The minimum Gasteiger partial charge on any atom is -0.381 e. The Kier molecular flexibility index (Phi) is 5.26. The lowest BCUT2D eigenvalue weighted by atomic mass is 9.92. The molecule has 0 aromatic heterocycles. The van der Waals surface area contributed by atoms with E-state index in [-0.39, 0.29) is 0 Å². The summed E-state index contributed by atoms with van der Waals surface area (Å²) in [5.41, 5.74) is 0. The van der Waals surface area contributed by atoms with Gasteiger partial charge in [0.15, 0.2) is 0 Å². The van der Waals surface area contributed by atoms with Gasteiger partial charge in [0.2, 0.25) is 0 Å². The number of hydrogen-bond donors (Lipinski definition) is 1. The van der Waals surface area contributed by atoms with E-state index in [4.69, 9.17) is 4.74 Å². The first-order valence-electron chi connectivity index (χ1n) is 7.29. The van der Waals surface area contributed by atoms with Crippen LogP contribution < -0.4 is 5.32 Å². The lowest BCUT2D eigenvalue weighted by Gasteiger charge is -2.31. The first-order chi connectivity index (χ1) is 8.28. The highest BCUT2D eigenvalue weighted by atomic mass is 16.5. The molecule has 17 heavy (non-hydrogen) atoms. The molecule has 0 bridgehead atoms. The zero-order valence-corrected chi connectivity index (χ0v) is 11.5. The van der Waals surface area contributed by atoms with Crippen LogP contribution in [0.4, 0.5) is 0 Å². The van der Waals surface area contributed by atoms with E-state index in [1.807, 2.05) is 7.11 Å². The maximum Gasteiger partial charge on any atom is 0.0572 e. The normalized spacial score (nSPS) is 32.8. The highest BCUT2D eigenvalue weighted by Gasteiger charge is 2.22. The van der Waals surface area contributed by atoms with Gasteiger partial charge in [-0.25, -0.2) is 0 Å². The van der Waals surface area contributed by atoms with Gasteiger partial charge in [0.1, 0.15) is 0 Å². The topological polar surface area (TPSA) is 24.5 Å². The summed E-state index contributed by atoms with van der Waals surface area (Å²) in [6, 6.07) is 1.36. The van der Waals surface area contributed by atoms with E-state index in [0.717, 1.165) is 6.04 Å². The van der Waals surface area contributed by atoms with Gasteiger partial charge in [-0.05, 0) is 58.5 Å². The second-order valence-electron chi connectivity index (χ2n) is 5.78. The molecule has 1 heterocycles. The van der Waals surface area contributed by atoms with Gasteiger partial charge in [-0.2, -0.15) is 0 Å². The Morgan fingerprint density at radius 2 is 1.82 bits per heavy atom. The molecule has 2 rings (SSSR count). The molecule has 1 saturated carbocycles. The Bertz CT molecular complexity index is 208. The number of methoxy groups -OCH3 is 1. The highest BCUT2D eigenvalue weighted by molar-refractivity contribution is 4.81. The van der Waals surface area contributed by atoms with E-state index in [2.05, 4.69) is 17.1 Å². The summed E-state index contributed by atoms with van der Waals surface area (Å²) < 4.78 is 5.42. The average molecular weight is 240 g/mol. The molecule has 0 amide bonds. The van der Waals surface area contributed by atoms with Crippen molar-refractivity contribution in [3.8, 4) is 0 Å². The van der Waals surface area contributed by atoms with Gasteiger partial charge in [-0.1, -0.05) is 0 Å². The Morgan fingerprint density at radius 3 is 2.41 bits per heavy atom. The minimum atomic E-state index is 0.516. The maximum atomic E-state index is 5.42. The lowest BCUT2D eigenvalue weighted by molar-refractivity contribution is 0.0608. The second-order valence-corrected chi connectivity index (χ2v) is 5.78. The molecule has 2 aliphatic rings. The molecule has 0 aromatic carbocycles. The third-order valence-electron chi connectivity index (χ3n) is 4.26. The molecular formula is C14H28N2O. The van der Waals surface area contributed by atoms with Crippen molar-refractivity contribution in [3.63, 3.8) is 0 Å². The van der Waals surface area contributed by atoms with Crippen molar-refractivity contribution in [2.45, 2.75) is 63.6 Å². The summed E-state index contributed by atoms with van der Waals surface area (Å²) >= 11 is 0. The molecule has 2 fully saturated rings. The molecule has 1 N–H and O–H groups in total. The van der Waals surface area contributed by atoms with Gasteiger partial charge in [0.25, 0.3) is 0 Å². The summed E-state index contributed by atoms with van der Waals surface area (Å²) in [5.74, 6) is 0. The fraction of sp³-hybridized carbons (Fsp3) is 1.00. The van der Waals surface area contributed by atoms with E-state index in [1.54, 1.807) is 0 Å². The molecule has 1 unspecified atom stereocenters. The first-order valence-corrected chi connectivity index (χ1v) is 7.29. The highest BCUT2D eigenvalue weighted by Crippen LogP contribution is 2.21. The van der Waals surface area contributed by atoms with Gasteiger partial charge in [-0.3, -0.25) is 0 Å². The van der Waals surface area contributed by atoms with E-state index >= 15 is 0 Å². The molecular weight excluding hydrogens is 212 g/mol. The number of ether oxygens (including phenoxy) is 1. The van der Waals surface area contributed by atoms with Crippen LogP contribution in [-0.2, 0) is 4.74 Å². The maximum absolute atomic E-state index is 5.42. The Labute approximate surface area is 106 Å². The monoisotopic (exact) mass is 240 g/mol. The molecule has 3 heteroatoms. The van der Waals surface area contributed by atoms with Crippen molar-refractivity contribution in [3.05, 3.63) is 0 Å². The van der Waals surface area contributed by atoms with Gasteiger partial charge in [0, 0.05) is 25.7 Å². The van der Waals surface area contributed by atoms with E-state index in [9.17, 15) is 0 Å². The van der Waals surface area contributed by atoms with Crippen molar-refractivity contribution in [2.75, 3.05) is 26.7 Å². The zero-order valence-electron chi connectivity index (χ0n) is 11.5. The quantitative estimate of drug-likeness (QED) is 0.795. The molecule has 3 nitrogen and oxygen atoms in total. The van der Waals surface area contributed by atoms with Crippen molar-refractivity contribution in [1.29, 1.82) is 0 Å². The van der Waals surface area contributed by atoms with Crippen LogP contribution in [0.3, 0.4) is 0 Å². The fourth-order valence-corrected chi connectivity index (χ4v) is 3.27.